The van der Waals surface area contributed by atoms with Crippen molar-refractivity contribution >= 4 is 22.9 Å². The van der Waals surface area contributed by atoms with Crippen LogP contribution in [0.25, 0.3) is 11.0 Å². The number of furan rings is 1. The van der Waals surface area contributed by atoms with Gasteiger partial charge in [0.2, 0.25) is 5.91 Å². The average Bonchev–Trinajstić information content (AvgIpc) is 2.75. The number of aryl methyl sites for hydroxylation is 1. The number of carbonyl (C=O) groups excluding carboxylic acids is 2. The van der Waals surface area contributed by atoms with Gasteiger partial charge in [0.25, 0.3) is 0 Å². The average molecular weight is 307 g/mol. The molecule has 2 atom stereocenters. The maximum atomic E-state index is 13.3. The molecule has 0 spiro atoms. The van der Waals surface area contributed by atoms with Crippen LogP contribution in [0.5, 0.6) is 0 Å². The molecule has 4 N–H and O–H groups in total. The van der Waals surface area contributed by atoms with Crippen molar-refractivity contribution in [3.63, 3.8) is 0 Å². The molecule has 2 rings (SSSR count). The van der Waals surface area contributed by atoms with E-state index in [1.165, 1.54) is 19.1 Å². The Labute approximate surface area is 126 Å². The van der Waals surface area contributed by atoms with Gasteiger partial charge in [-0.15, -0.1) is 0 Å². The molecule has 118 valence electrons. The number of nitrogens with one attached hydrogen (secondary N) is 2. The van der Waals surface area contributed by atoms with Crippen LogP contribution in [0.3, 0.4) is 0 Å². The first-order valence-corrected chi connectivity index (χ1v) is 6.84. The Balaban J connectivity index is 2.19. The molecule has 3 amide bonds. The minimum Gasteiger partial charge on any atom is -0.459 e. The highest BCUT2D eigenvalue weighted by Crippen LogP contribution is 2.29. The molecule has 2 aromatic rings. The third-order valence-corrected chi connectivity index (χ3v) is 3.44. The van der Waals surface area contributed by atoms with Crippen LogP contribution in [0.2, 0.25) is 0 Å². The number of nitrogens with two attached hydrogens (primary N) is 1. The Kier molecular flexibility index (Phi) is 4.35. The normalized spacial score (nSPS) is 13.6. The SMILES string of the molecule is Cc1c([C@H](C)NC(=O)[C@@H](C)NC(N)=O)oc2ccc(F)cc12. The third kappa shape index (κ3) is 3.19. The van der Waals surface area contributed by atoms with Crippen LogP contribution in [0.15, 0.2) is 22.6 Å². The lowest BCUT2D eigenvalue weighted by molar-refractivity contribution is -0.123. The van der Waals surface area contributed by atoms with Crippen LogP contribution in [0.1, 0.15) is 31.2 Å². The molecule has 1 heterocycles. The first-order valence-electron chi connectivity index (χ1n) is 6.84. The predicted molar refractivity (Wildman–Crippen MR) is 79.6 cm³/mol. The van der Waals surface area contributed by atoms with E-state index in [4.69, 9.17) is 10.2 Å². The fraction of sp³-hybridized carbons (Fsp3) is 0.333. The molecule has 1 aromatic heterocycles. The van der Waals surface area contributed by atoms with E-state index < -0.39 is 24.0 Å². The maximum absolute atomic E-state index is 13.3. The first kappa shape index (κ1) is 15.8. The van der Waals surface area contributed by atoms with Gasteiger partial charge in [-0.1, -0.05) is 0 Å². The van der Waals surface area contributed by atoms with Gasteiger partial charge >= 0.3 is 6.03 Å². The van der Waals surface area contributed by atoms with Crippen molar-refractivity contribution in [3.05, 3.63) is 35.3 Å². The number of hydrogen-bond acceptors (Lipinski definition) is 3. The van der Waals surface area contributed by atoms with Gasteiger partial charge in [-0.05, 0) is 39.0 Å². The van der Waals surface area contributed by atoms with Gasteiger partial charge in [-0.2, -0.15) is 0 Å². The van der Waals surface area contributed by atoms with Gasteiger partial charge in [0.15, 0.2) is 0 Å². The topological polar surface area (TPSA) is 97.4 Å². The Hall–Kier alpha value is -2.57. The molecule has 0 bridgehead atoms. The van der Waals surface area contributed by atoms with E-state index in [-0.39, 0.29) is 5.82 Å². The molecule has 6 nitrogen and oxygen atoms in total. The van der Waals surface area contributed by atoms with Crippen molar-refractivity contribution in [1.82, 2.24) is 10.6 Å². The van der Waals surface area contributed by atoms with Crippen molar-refractivity contribution in [2.24, 2.45) is 5.73 Å². The predicted octanol–water partition coefficient (Wildman–Crippen LogP) is 2.11. The summed E-state index contributed by atoms with van der Waals surface area (Å²) in [6, 6.07) is 2.29. The molecule has 0 saturated carbocycles. The smallest absolute Gasteiger partial charge is 0.312 e. The zero-order chi connectivity index (χ0) is 16.4. The molecule has 0 fully saturated rings. The van der Waals surface area contributed by atoms with Crippen LogP contribution in [-0.2, 0) is 4.79 Å². The Morgan fingerprint density at radius 2 is 1.95 bits per heavy atom. The van der Waals surface area contributed by atoms with Gasteiger partial charge in [-0.25, -0.2) is 9.18 Å². The fourth-order valence-electron chi connectivity index (χ4n) is 2.31. The largest absolute Gasteiger partial charge is 0.459 e. The number of primary amides is 1. The Morgan fingerprint density at radius 3 is 2.59 bits per heavy atom. The number of benzene rings is 1. The summed E-state index contributed by atoms with van der Waals surface area (Å²) in [4.78, 5) is 22.7. The third-order valence-electron chi connectivity index (χ3n) is 3.44. The van der Waals surface area contributed by atoms with Gasteiger partial charge in [0.1, 0.15) is 23.2 Å². The van der Waals surface area contributed by atoms with Gasteiger partial charge in [0.05, 0.1) is 6.04 Å². The number of amides is 3. The Morgan fingerprint density at radius 1 is 1.27 bits per heavy atom. The van der Waals surface area contributed by atoms with Gasteiger partial charge in [0, 0.05) is 10.9 Å². The van der Waals surface area contributed by atoms with E-state index in [0.717, 1.165) is 5.56 Å². The molecule has 0 unspecified atom stereocenters. The van der Waals surface area contributed by atoms with E-state index in [9.17, 15) is 14.0 Å². The lowest BCUT2D eigenvalue weighted by atomic mass is 10.1. The summed E-state index contributed by atoms with van der Waals surface area (Å²) in [5.74, 6) is -0.198. The molecule has 0 aliphatic rings. The summed E-state index contributed by atoms with van der Waals surface area (Å²) in [6.45, 7) is 5.07. The number of hydrogen-bond donors (Lipinski definition) is 3. The second kappa shape index (κ2) is 6.05. The zero-order valence-corrected chi connectivity index (χ0v) is 12.6. The summed E-state index contributed by atoms with van der Waals surface area (Å²) in [5, 5.41) is 5.68. The minimum atomic E-state index is -0.773. The molecule has 0 radical (unpaired) electrons. The van der Waals surface area contributed by atoms with E-state index in [1.54, 1.807) is 19.9 Å². The molecule has 1 aromatic carbocycles. The van der Waals surface area contributed by atoms with Gasteiger partial charge in [-0.3, -0.25) is 4.79 Å². The van der Waals surface area contributed by atoms with E-state index in [2.05, 4.69) is 10.6 Å². The summed E-state index contributed by atoms with van der Waals surface area (Å²) >= 11 is 0. The molecule has 0 aliphatic heterocycles. The van der Waals surface area contributed by atoms with Crippen LogP contribution in [0.4, 0.5) is 9.18 Å². The summed E-state index contributed by atoms with van der Waals surface area (Å²) in [5.41, 5.74) is 6.29. The summed E-state index contributed by atoms with van der Waals surface area (Å²) in [6.07, 6.45) is 0. The quantitative estimate of drug-likeness (QED) is 0.807. The first-order chi connectivity index (χ1) is 10.3. The number of fused-ring (bicyclic) bond motifs is 1. The molecular weight excluding hydrogens is 289 g/mol. The van der Waals surface area contributed by atoms with E-state index in [0.29, 0.717) is 16.7 Å². The van der Waals surface area contributed by atoms with E-state index in [1.807, 2.05) is 0 Å². The van der Waals surface area contributed by atoms with Crippen LogP contribution < -0.4 is 16.4 Å². The standard InChI is InChI=1S/C15H18FN3O3/c1-7-11-6-10(16)4-5-12(11)22-13(7)8(2)18-14(20)9(3)19-15(17)21/h4-6,8-9H,1-3H3,(H,18,20)(H3,17,19,21)/t8-,9+/m0/s1. The lowest BCUT2D eigenvalue weighted by Gasteiger charge is -2.17. The fourth-order valence-corrected chi connectivity index (χ4v) is 2.31. The maximum Gasteiger partial charge on any atom is 0.312 e. The van der Waals surface area contributed by atoms with Crippen LogP contribution >= 0.6 is 0 Å². The molecule has 0 saturated heterocycles. The zero-order valence-electron chi connectivity index (χ0n) is 12.6. The summed E-state index contributed by atoms with van der Waals surface area (Å²) < 4.78 is 19.0. The number of halogens is 1. The second-order valence-electron chi connectivity index (χ2n) is 5.19. The highest BCUT2D eigenvalue weighted by Gasteiger charge is 2.21. The Bertz CT molecular complexity index is 726. The highest BCUT2D eigenvalue weighted by molar-refractivity contribution is 5.87. The molecular formula is C15H18FN3O3. The van der Waals surface area contributed by atoms with E-state index >= 15 is 0 Å². The second-order valence-corrected chi connectivity index (χ2v) is 5.19. The lowest BCUT2D eigenvalue weighted by Crippen LogP contribution is -2.47. The highest BCUT2D eigenvalue weighted by atomic mass is 19.1. The molecule has 0 aliphatic carbocycles. The monoisotopic (exact) mass is 307 g/mol. The molecule has 22 heavy (non-hydrogen) atoms. The van der Waals surface area contributed by atoms with Crippen molar-refractivity contribution < 1.29 is 18.4 Å². The van der Waals surface area contributed by atoms with Crippen LogP contribution in [-0.4, -0.2) is 18.0 Å². The number of carbonyl (C=O) groups is 2. The number of urea groups is 1. The van der Waals surface area contributed by atoms with Gasteiger partial charge < -0.3 is 20.8 Å². The minimum absolute atomic E-state index is 0.348. The summed E-state index contributed by atoms with van der Waals surface area (Å²) in [7, 11) is 0. The van der Waals surface area contributed by atoms with Crippen LogP contribution in [0, 0.1) is 12.7 Å². The van der Waals surface area contributed by atoms with Crippen molar-refractivity contribution in [1.29, 1.82) is 0 Å². The number of rotatable bonds is 4. The van der Waals surface area contributed by atoms with Crippen molar-refractivity contribution in [2.75, 3.05) is 0 Å². The molecule has 7 heteroatoms. The van der Waals surface area contributed by atoms with Crippen molar-refractivity contribution in [3.8, 4) is 0 Å². The van der Waals surface area contributed by atoms with Crippen molar-refractivity contribution in [2.45, 2.75) is 32.9 Å².